The lowest BCUT2D eigenvalue weighted by atomic mass is 10.2. The molecule has 2 aliphatic heterocycles. The Bertz CT molecular complexity index is 464. The van der Waals surface area contributed by atoms with Gasteiger partial charge in [-0.25, -0.2) is 0 Å². The predicted octanol–water partition coefficient (Wildman–Crippen LogP) is 3.55. The number of anilines is 2. The smallest absolute Gasteiger partial charge is 0.0726 e. The number of rotatable bonds is 2. The van der Waals surface area contributed by atoms with Crippen molar-refractivity contribution in [2.24, 2.45) is 0 Å². The van der Waals surface area contributed by atoms with E-state index in [9.17, 15) is 0 Å². The first kappa shape index (κ1) is 14.0. The molecule has 0 aromatic heterocycles. The monoisotopic (exact) mass is 294 g/mol. The van der Waals surface area contributed by atoms with Crippen LogP contribution in [0.4, 0.5) is 11.4 Å². The van der Waals surface area contributed by atoms with Crippen LogP contribution in [0.5, 0.6) is 0 Å². The molecule has 4 heteroatoms. The second-order valence-electron chi connectivity index (χ2n) is 5.99. The summed E-state index contributed by atoms with van der Waals surface area (Å²) in [6, 6.07) is 6.49. The molecule has 110 valence electrons. The van der Waals surface area contributed by atoms with Gasteiger partial charge in [-0.05, 0) is 44.9 Å². The minimum absolute atomic E-state index is 0.257. The molecular weight excluding hydrogens is 272 g/mol. The van der Waals surface area contributed by atoms with Gasteiger partial charge < -0.3 is 14.5 Å². The first-order valence-electron chi connectivity index (χ1n) is 7.58. The van der Waals surface area contributed by atoms with Crippen LogP contribution in [0.1, 0.15) is 26.7 Å². The maximum absolute atomic E-state index is 6.53. The summed E-state index contributed by atoms with van der Waals surface area (Å²) in [5.41, 5.74) is 2.39. The number of halogens is 1. The van der Waals surface area contributed by atoms with Crippen LogP contribution in [0, 0.1) is 0 Å². The fourth-order valence-electron chi connectivity index (χ4n) is 3.30. The minimum Gasteiger partial charge on any atom is -0.372 e. The Labute approximate surface area is 126 Å². The maximum atomic E-state index is 6.53. The van der Waals surface area contributed by atoms with Crippen LogP contribution in [-0.2, 0) is 4.74 Å². The fraction of sp³-hybridized carbons (Fsp3) is 0.625. The molecular formula is C16H23ClN2O. The normalized spacial score (nSPS) is 27.1. The average molecular weight is 295 g/mol. The highest BCUT2D eigenvalue weighted by molar-refractivity contribution is 6.33. The van der Waals surface area contributed by atoms with Gasteiger partial charge in [0.25, 0.3) is 0 Å². The SMILES string of the molecule is CC1CN(c2ccc(N3CCCC3)cc2Cl)CC(C)O1. The van der Waals surface area contributed by atoms with Crippen LogP contribution in [0.25, 0.3) is 0 Å². The standard InChI is InChI=1S/C16H23ClN2O/c1-12-10-19(11-13(2)20-12)16-6-5-14(9-15(16)17)18-7-3-4-8-18/h5-6,9,12-13H,3-4,7-8,10-11H2,1-2H3. The van der Waals surface area contributed by atoms with Gasteiger partial charge in [-0.2, -0.15) is 0 Å². The van der Waals surface area contributed by atoms with Crippen LogP contribution in [0.15, 0.2) is 18.2 Å². The molecule has 1 aromatic rings. The molecule has 2 saturated heterocycles. The average Bonchev–Trinajstić information content (AvgIpc) is 2.91. The zero-order valence-corrected chi connectivity index (χ0v) is 13.1. The first-order valence-corrected chi connectivity index (χ1v) is 7.96. The molecule has 0 aliphatic carbocycles. The molecule has 2 atom stereocenters. The summed E-state index contributed by atoms with van der Waals surface area (Å²) in [6.45, 7) is 8.37. The number of morpholine rings is 1. The van der Waals surface area contributed by atoms with Crippen molar-refractivity contribution in [3.05, 3.63) is 23.2 Å². The lowest BCUT2D eigenvalue weighted by molar-refractivity contribution is -0.00520. The van der Waals surface area contributed by atoms with Crippen LogP contribution < -0.4 is 9.80 Å². The van der Waals surface area contributed by atoms with E-state index in [1.807, 2.05) is 0 Å². The number of hydrogen-bond acceptors (Lipinski definition) is 3. The number of nitrogens with zero attached hydrogens (tertiary/aromatic N) is 2. The molecule has 1 aromatic carbocycles. The van der Waals surface area contributed by atoms with Crippen LogP contribution in [0.2, 0.25) is 5.02 Å². The Morgan fingerprint density at radius 2 is 1.70 bits per heavy atom. The van der Waals surface area contributed by atoms with Crippen LogP contribution in [0.3, 0.4) is 0 Å². The van der Waals surface area contributed by atoms with E-state index in [-0.39, 0.29) is 12.2 Å². The summed E-state index contributed by atoms with van der Waals surface area (Å²) in [4.78, 5) is 4.76. The number of ether oxygens (including phenoxy) is 1. The van der Waals surface area contributed by atoms with Gasteiger partial charge in [0, 0.05) is 31.9 Å². The molecule has 3 rings (SSSR count). The molecule has 0 saturated carbocycles. The lowest BCUT2D eigenvalue weighted by Gasteiger charge is -2.37. The quantitative estimate of drug-likeness (QED) is 0.829. The van der Waals surface area contributed by atoms with Crippen LogP contribution in [-0.4, -0.2) is 38.4 Å². The van der Waals surface area contributed by atoms with E-state index in [2.05, 4.69) is 41.8 Å². The molecule has 0 bridgehead atoms. The van der Waals surface area contributed by atoms with Gasteiger partial charge in [0.05, 0.1) is 22.9 Å². The summed E-state index contributed by atoms with van der Waals surface area (Å²) in [5, 5.41) is 0.857. The number of hydrogen-bond donors (Lipinski definition) is 0. The second-order valence-corrected chi connectivity index (χ2v) is 6.40. The molecule has 0 spiro atoms. The van der Waals surface area contributed by atoms with Crippen molar-refractivity contribution < 1.29 is 4.74 Å². The molecule has 20 heavy (non-hydrogen) atoms. The Balaban J connectivity index is 1.79. The van der Waals surface area contributed by atoms with Crippen molar-refractivity contribution >= 4 is 23.0 Å². The van der Waals surface area contributed by atoms with E-state index in [1.165, 1.54) is 18.5 Å². The first-order chi connectivity index (χ1) is 9.63. The highest BCUT2D eigenvalue weighted by atomic mass is 35.5. The number of benzene rings is 1. The van der Waals surface area contributed by atoms with Gasteiger partial charge in [-0.15, -0.1) is 0 Å². The molecule has 0 N–H and O–H groups in total. The summed E-state index contributed by atoms with van der Waals surface area (Å²) < 4.78 is 5.79. The minimum atomic E-state index is 0.257. The van der Waals surface area contributed by atoms with Crippen molar-refractivity contribution in [3.63, 3.8) is 0 Å². The van der Waals surface area contributed by atoms with Gasteiger partial charge >= 0.3 is 0 Å². The van der Waals surface area contributed by atoms with Crippen molar-refractivity contribution in [2.45, 2.75) is 38.9 Å². The third-order valence-electron chi connectivity index (χ3n) is 4.16. The van der Waals surface area contributed by atoms with Gasteiger partial charge in [0.1, 0.15) is 0 Å². The Morgan fingerprint density at radius 1 is 1.05 bits per heavy atom. The van der Waals surface area contributed by atoms with Gasteiger partial charge in [-0.1, -0.05) is 11.6 Å². The molecule has 2 aliphatic rings. The molecule has 2 fully saturated rings. The highest BCUT2D eigenvalue weighted by Crippen LogP contribution is 2.33. The van der Waals surface area contributed by atoms with Gasteiger partial charge in [0.15, 0.2) is 0 Å². The third-order valence-corrected chi connectivity index (χ3v) is 4.47. The lowest BCUT2D eigenvalue weighted by Crippen LogP contribution is -2.45. The van der Waals surface area contributed by atoms with Crippen molar-refractivity contribution in [1.82, 2.24) is 0 Å². The van der Waals surface area contributed by atoms with E-state index in [0.717, 1.165) is 36.9 Å². The zero-order chi connectivity index (χ0) is 14.1. The molecule has 0 amide bonds. The Kier molecular flexibility index (Phi) is 4.08. The summed E-state index contributed by atoms with van der Waals surface area (Å²) >= 11 is 6.53. The van der Waals surface area contributed by atoms with Crippen molar-refractivity contribution in [1.29, 1.82) is 0 Å². The van der Waals surface area contributed by atoms with E-state index >= 15 is 0 Å². The van der Waals surface area contributed by atoms with Crippen molar-refractivity contribution in [2.75, 3.05) is 36.0 Å². The Morgan fingerprint density at radius 3 is 2.30 bits per heavy atom. The van der Waals surface area contributed by atoms with Crippen LogP contribution >= 0.6 is 11.6 Å². The van der Waals surface area contributed by atoms with Gasteiger partial charge in [-0.3, -0.25) is 0 Å². The summed E-state index contributed by atoms with van der Waals surface area (Å²) in [7, 11) is 0. The van der Waals surface area contributed by atoms with Crippen molar-refractivity contribution in [3.8, 4) is 0 Å². The van der Waals surface area contributed by atoms with E-state index in [1.54, 1.807) is 0 Å². The largest absolute Gasteiger partial charge is 0.372 e. The predicted molar refractivity (Wildman–Crippen MR) is 85.1 cm³/mol. The van der Waals surface area contributed by atoms with Gasteiger partial charge in [0.2, 0.25) is 0 Å². The Hall–Kier alpha value is -0.930. The highest BCUT2D eigenvalue weighted by Gasteiger charge is 2.24. The molecule has 2 unspecified atom stereocenters. The second kappa shape index (κ2) is 5.82. The third kappa shape index (κ3) is 2.89. The summed E-state index contributed by atoms with van der Waals surface area (Å²) in [6.07, 6.45) is 3.09. The zero-order valence-electron chi connectivity index (χ0n) is 12.3. The maximum Gasteiger partial charge on any atom is 0.0726 e. The van der Waals surface area contributed by atoms with E-state index in [0.29, 0.717) is 0 Å². The topological polar surface area (TPSA) is 15.7 Å². The molecule has 0 radical (unpaired) electrons. The fourth-order valence-corrected chi connectivity index (χ4v) is 3.59. The van der Waals surface area contributed by atoms with E-state index < -0.39 is 0 Å². The molecule has 3 nitrogen and oxygen atoms in total. The molecule has 2 heterocycles. The van der Waals surface area contributed by atoms with E-state index in [4.69, 9.17) is 16.3 Å². The summed E-state index contributed by atoms with van der Waals surface area (Å²) in [5.74, 6) is 0.